The molecule has 94 valence electrons. The van der Waals surface area contributed by atoms with E-state index < -0.39 is 6.17 Å². The Hall–Kier alpha value is -1.16. The van der Waals surface area contributed by atoms with Gasteiger partial charge < -0.3 is 4.74 Å². The number of rotatable bonds is 5. The second kappa shape index (κ2) is 5.96. The van der Waals surface area contributed by atoms with Crippen LogP contribution in [0.25, 0.3) is 0 Å². The number of likely N-dealkylation sites (tertiary alicyclic amines) is 1. The largest absolute Gasteiger partial charge is 0.476 e. The molecule has 0 aliphatic carbocycles. The fourth-order valence-electron chi connectivity index (χ4n) is 1.97. The number of ether oxygens (including phenoxy) is 1. The molecule has 17 heavy (non-hydrogen) atoms. The number of halogens is 1. The van der Waals surface area contributed by atoms with Crippen LogP contribution in [-0.2, 0) is 6.42 Å². The molecule has 0 saturated carbocycles. The van der Waals surface area contributed by atoms with E-state index in [0.29, 0.717) is 25.5 Å². The van der Waals surface area contributed by atoms with Gasteiger partial charge in [0.1, 0.15) is 12.8 Å². The fraction of sp³-hybridized carbons (Fsp3) is 0.615. The molecule has 0 radical (unpaired) electrons. The molecule has 0 unspecified atom stereocenters. The minimum atomic E-state index is -0.656. The van der Waals surface area contributed by atoms with Crippen molar-refractivity contribution < 1.29 is 9.13 Å². The van der Waals surface area contributed by atoms with Crippen LogP contribution in [-0.4, -0.2) is 42.3 Å². The van der Waals surface area contributed by atoms with Crippen molar-refractivity contribution in [2.45, 2.75) is 25.9 Å². The van der Waals surface area contributed by atoms with Crippen LogP contribution in [0.15, 0.2) is 18.3 Å². The average Bonchev–Trinajstić information content (AvgIpc) is 2.76. The lowest BCUT2D eigenvalue weighted by Crippen LogP contribution is -2.26. The number of alkyl halides is 1. The zero-order valence-electron chi connectivity index (χ0n) is 10.2. The van der Waals surface area contributed by atoms with Crippen molar-refractivity contribution in [3.63, 3.8) is 0 Å². The number of hydrogen-bond acceptors (Lipinski definition) is 3. The number of pyridine rings is 1. The Morgan fingerprint density at radius 1 is 1.53 bits per heavy atom. The summed E-state index contributed by atoms with van der Waals surface area (Å²) in [7, 11) is 0. The first-order chi connectivity index (χ1) is 8.28. The molecule has 2 rings (SSSR count). The van der Waals surface area contributed by atoms with Gasteiger partial charge in [0, 0.05) is 31.9 Å². The first-order valence-electron chi connectivity index (χ1n) is 6.22. The van der Waals surface area contributed by atoms with Crippen LogP contribution in [0, 0.1) is 0 Å². The highest BCUT2D eigenvalue weighted by atomic mass is 19.1. The highest BCUT2D eigenvalue weighted by Crippen LogP contribution is 2.12. The molecule has 1 aromatic heterocycles. The lowest BCUT2D eigenvalue weighted by molar-refractivity contribution is 0.220. The standard InChI is InChI=1S/C13H19FN2O/c1-2-11-3-4-13(15-9-11)17-8-7-16-6-5-12(14)10-16/h3-4,9,12H,2,5-8,10H2,1H3/t12-/m0/s1. The maximum Gasteiger partial charge on any atom is 0.213 e. The molecule has 1 fully saturated rings. The van der Waals surface area contributed by atoms with Crippen molar-refractivity contribution in [3.8, 4) is 5.88 Å². The summed E-state index contributed by atoms with van der Waals surface area (Å²) in [5.41, 5.74) is 1.21. The van der Waals surface area contributed by atoms with E-state index in [1.165, 1.54) is 5.56 Å². The summed E-state index contributed by atoms with van der Waals surface area (Å²) >= 11 is 0. The highest BCUT2D eigenvalue weighted by molar-refractivity contribution is 5.17. The van der Waals surface area contributed by atoms with E-state index in [9.17, 15) is 4.39 Å². The molecule has 0 spiro atoms. The lowest BCUT2D eigenvalue weighted by Gasteiger charge is -2.14. The van der Waals surface area contributed by atoms with Gasteiger partial charge in [0.05, 0.1) is 0 Å². The number of aromatic nitrogens is 1. The molecular formula is C13H19FN2O. The molecule has 4 heteroatoms. The Balaban J connectivity index is 1.70. The van der Waals surface area contributed by atoms with Crippen LogP contribution in [0.3, 0.4) is 0 Å². The molecule has 1 aromatic rings. The normalized spacial score (nSPS) is 20.7. The van der Waals surface area contributed by atoms with Crippen molar-refractivity contribution in [3.05, 3.63) is 23.9 Å². The van der Waals surface area contributed by atoms with Gasteiger partial charge in [-0.1, -0.05) is 13.0 Å². The molecule has 1 aliphatic rings. The highest BCUT2D eigenvalue weighted by Gasteiger charge is 2.20. The van der Waals surface area contributed by atoms with Crippen molar-refractivity contribution in [2.24, 2.45) is 0 Å². The molecular weight excluding hydrogens is 219 g/mol. The summed E-state index contributed by atoms with van der Waals surface area (Å²) in [6, 6.07) is 3.91. The van der Waals surface area contributed by atoms with E-state index in [1.807, 2.05) is 18.3 Å². The van der Waals surface area contributed by atoms with Gasteiger partial charge in [0.25, 0.3) is 0 Å². The quantitative estimate of drug-likeness (QED) is 0.785. The van der Waals surface area contributed by atoms with Crippen molar-refractivity contribution in [1.29, 1.82) is 0 Å². The number of nitrogens with zero attached hydrogens (tertiary/aromatic N) is 2. The first kappa shape index (κ1) is 12.3. The fourth-order valence-corrected chi connectivity index (χ4v) is 1.97. The molecule has 3 nitrogen and oxygen atoms in total. The molecule has 0 amide bonds. The van der Waals surface area contributed by atoms with Crippen molar-refractivity contribution in [1.82, 2.24) is 9.88 Å². The van der Waals surface area contributed by atoms with E-state index in [0.717, 1.165) is 19.5 Å². The summed E-state index contributed by atoms with van der Waals surface area (Å²) in [6.45, 7) is 4.83. The molecule has 0 N–H and O–H groups in total. The van der Waals surface area contributed by atoms with E-state index in [4.69, 9.17) is 4.74 Å². The second-order valence-electron chi connectivity index (χ2n) is 4.39. The van der Waals surface area contributed by atoms with Crippen LogP contribution in [0.5, 0.6) is 5.88 Å². The van der Waals surface area contributed by atoms with Crippen molar-refractivity contribution >= 4 is 0 Å². The van der Waals surface area contributed by atoms with Gasteiger partial charge >= 0.3 is 0 Å². The molecule has 1 saturated heterocycles. The molecule has 2 heterocycles. The minimum absolute atomic E-state index is 0.547. The van der Waals surface area contributed by atoms with E-state index in [-0.39, 0.29) is 0 Å². The Bertz CT molecular complexity index is 342. The second-order valence-corrected chi connectivity index (χ2v) is 4.39. The Kier molecular flexibility index (Phi) is 4.31. The minimum Gasteiger partial charge on any atom is -0.476 e. The zero-order valence-corrected chi connectivity index (χ0v) is 10.2. The van der Waals surface area contributed by atoms with Gasteiger partial charge in [-0.3, -0.25) is 4.90 Å². The maximum absolute atomic E-state index is 12.9. The number of hydrogen-bond donors (Lipinski definition) is 0. The van der Waals surface area contributed by atoms with Crippen LogP contribution in [0.2, 0.25) is 0 Å². The van der Waals surface area contributed by atoms with E-state index in [1.54, 1.807) is 0 Å². The Morgan fingerprint density at radius 2 is 2.41 bits per heavy atom. The maximum atomic E-state index is 12.9. The third-order valence-corrected chi connectivity index (χ3v) is 3.08. The van der Waals surface area contributed by atoms with Gasteiger partial charge in [0.15, 0.2) is 0 Å². The average molecular weight is 238 g/mol. The van der Waals surface area contributed by atoms with Gasteiger partial charge in [-0.05, 0) is 18.4 Å². The van der Waals surface area contributed by atoms with Gasteiger partial charge in [0.2, 0.25) is 5.88 Å². The van der Waals surface area contributed by atoms with Crippen LogP contribution in [0.4, 0.5) is 4.39 Å². The number of aryl methyl sites for hydroxylation is 1. The predicted molar refractivity (Wildman–Crippen MR) is 65.1 cm³/mol. The molecule has 0 aromatic carbocycles. The summed E-state index contributed by atoms with van der Waals surface area (Å²) in [5.74, 6) is 0.651. The topological polar surface area (TPSA) is 25.4 Å². The van der Waals surface area contributed by atoms with Gasteiger partial charge in [-0.2, -0.15) is 0 Å². The van der Waals surface area contributed by atoms with Crippen LogP contribution in [0.1, 0.15) is 18.9 Å². The van der Waals surface area contributed by atoms with E-state index in [2.05, 4.69) is 16.8 Å². The molecule has 1 aliphatic heterocycles. The van der Waals surface area contributed by atoms with Crippen molar-refractivity contribution in [2.75, 3.05) is 26.2 Å². The van der Waals surface area contributed by atoms with Crippen LogP contribution < -0.4 is 4.74 Å². The Morgan fingerprint density at radius 3 is 3.00 bits per heavy atom. The molecule has 1 atom stereocenters. The third kappa shape index (κ3) is 3.66. The monoisotopic (exact) mass is 238 g/mol. The first-order valence-corrected chi connectivity index (χ1v) is 6.22. The summed E-state index contributed by atoms with van der Waals surface area (Å²) in [5, 5.41) is 0. The Labute approximate surface area is 102 Å². The van der Waals surface area contributed by atoms with Gasteiger partial charge in [-0.25, -0.2) is 9.37 Å². The SMILES string of the molecule is CCc1ccc(OCCN2CC[C@H](F)C2)nc1. The van der Waals surface area contributed by atoms with Crippen LogP contribution >= 0.6 is 0 Å². The summed E-state index contributed by atoms with van der Waals surface area (Å²) < 4.78 is 18.4. The zero-order chi connectivity index (χ0) is 12.1. The van der Waals surface area contributed by atoms with Gasteiger partial charge in [-0.15, -0.1) is 0 Å². The van der Waals surface area contributed by atoms with E-state index >= 15 is 0 Å². The third-order valence-electron chi connectivity index (χ3n) is 3.08. The predicted octanol–water partition coefficient (Wildman–Crippen LogP) is 2.07. The smallest absolute Gasteiger partial charge is 0.213 e. The summed E-state index contributed by atoms with van der Waals surface area (Å²) in [6.07, 6.45) is 2.82. The molecule has 0 bridgehead atoms. The lowest BCUT2D eigenvalue weighted by atomic mass is 10.2. The summed E-state index contributed by atoms with van der Waals surface area (Å²) in [4.78, 5) is 6.30.